The highest BCUT2D eigenvalue weighted by Crippen LogP contribution is 2.46. The van der Waals surface area contributed by atoms with Crippen molar-refractivity contribution in [1.29, 1.82) is 0 Å². The average Bonchev–Trinajstić information content (AvgIpc) is 3.35. The van der Waals surface area contributed by atoms with Gasteiger partial charge in [-0.2, -0.15) is 0 Å². The van der Waals surface area contributed by atoms with Crippen LogP contribution < -0.4 is 18.9 Å². The Labute approximate surface area is 435 Å². The number of phenolic OH excluding ortho intramolecular Hbond substituents is 2. The number of carbonyl (C=O) groups is 2. The minimum absolute atomic E-state index is 0.229. The van der Waals surface area contributed by atoms with Gasteiger partial charge in [0.05, 0.1) is 13.2 Å². The maximum Gasteiger partial charge on any atom is 0.338 e. The van der Waals surface area contributed by atoms with Crippen molar-refractivity contribution in [3.63, 3.8) is 0 Å². The summed E-state index contributed by atoms with van der Waals surface area (Å²) in [7, 11) is 0. The molecule has 0 radical (unpaired) electrons. The standard InChI is InChI=1S/C37H36O5.C29H28O3/c1-9-40-35-32(27-10-14-30(15-11-27)41-36(38)22(2)3)20-29(34-25(7)18-24(6)19-26(34)8)21-33(35)28-12-16-31(17-13-28)42-37(39)23(4)5;1-5-32-29-26(21-6-10-24(30)11-7-21)16-23(28-19(3)14-18(2)15-20(28)4)17-27(29)22-8-12-25(31)13-9-22/h10-21H,2,4,9H2,1,3,5-8H3;6-17,30-31H,5H2,1-4H3. The number of rotatable bonds is 14. The maximum atomic E-state index is 12.0. The molecule has 0 spiro atoms. The Balaban J connectivity index is 0.000000224. The molecule has 0 heterocycles. The van der Waals surface area contributed by atoms with Gasteiger partial charge in [-0.1, -0.05) is 97.1 Å². The van der Waals surface area contributed by atoms with E-state index >= 15 is 0 Å². The number of aromatic hydroxyl groups is 2. The fourth-order valence-electron chi connectivity index (χ4n) is 9.35. The number of aryl methyl sites for hydroxylation is 6. The molecule has 0 saturated heterocycles. The fraction of sp³-hybridized carbons (Fsp3) is 0.182. The lowest BCUT2D eigenvalue weighted by Gasteiger charge is -2.20. The third kappa shape index (κ3) is 12.3. The number of esters is 2. The highest BCUT2D eigenvalue weighted by molar-refractivity contribution is 5.93. The monoisotopic (exact) mass is 984 g/mol. The highest BCUT2D eigenvalue weighted by Gasteiger charge is 2.21. The molecule has 8 aromatic rings. The van der Waals surface area contributed by atoms with Gasteiger partial charge < -0.3 is 29.2 Å². The summed E-state index contributed by atoms with van der Waals surface area (Å²) in [5.41, 5.74) is 19.9. The van der Waals surface area contributed by atoms with Crippen LogP contribution in [0.5, 0.6) is 34.5 Å². The molecule has 0 fully saturated rings. The van der Waals surface area contributed by atoms with Crippen molar-refractivity contribution in [2.75, 3.05) is 13.2 Å². The molecule has 2 N–H and O–H groups in total. The molecule has 74 heavy (non-hydrogen) atoms. The maximum absolute atomic E-state index is 12.0. The second-order valence-electron chi connectivity index (χ2n) is 18.7. The van der Waals surface area contributed by atoms with E-state index < -0.39 is 11.9 Å². The topological polar surface area (TPSA) is 112 Å². The summed E-state index contributed by atoms with van der Waals surface area (Å²) in [4.78, 5) is 24.1. The number of ether oxygens (including phenoxy) is 4. The van der Waals surface area contributed by atoms with Crippen LogP contribution in [0.4, 0.5) is 0 Å². The molecule has 8 heteroatoms. The minimum atomic E-state index is -0.468. The normalized spacial score (nSPS) is 10.7. The quantitative estimate of drug-likeness (QED) is 0.0630. The van der Waals surface area contributed by atoms with Gasteiger partial charge in [0.15, 0.2) is 0 Å². The molecule has 0 aliphatic heterocycles. The van der Waals surface area contributed by atoms with Gasteiger partial charge in [0.1, 0.15) is 34.5 Å². The number of hydrogen-bond acceptors (Lipinski definition) is 8. The predicted octanol–water partition coefficient (Wildman–Crippen LogP) is 16.4. The van der Waals surface area contributed by atoms with E-state index in [0.29, 0.717) is 35.9 Å². The van der Waals surface area contributed by atoms with Gasteiger partial charge in [0.2, 0.25) is 0 Å². The molecule has 0 bridgehead atoms. The Morgan fingerprint density at radius 2 is 0.662 bits per heavy atom. The van der Waals surface area contributed by atoms with Crippen LogP contribution in [-0.2, 0) is 9.59 Å². The Morgan fingerprint density at radius 1 is 0.405 bits per heavy atom. The van der Waals surface area contributed by atoms with Crippen molar-refractivity contribution in [3.8, 4) is 101 Å². The minimum Gasteiger partial charge on any atom is -0.508 e. The van der Waals surface area contributed by atoms with E-state index in [2.05, 4.69) is 103 Å². The zero-order valence-electron chi connectivity index (χ0n) is 44.0. The summed E-state index contributed by atoms with van der Waals surface area (Å²) in [5, 5.41) is 19.6. The zero-order valence-corrected chi connectivity index (χ0v) is 44.0. The number of benzene rings is 8. The van der Waals surface area contributed by atoms with E-state index in [1.165, 1.54) is 38.9 Å². The van der Waals surface area contributed by atoms with Crippen molar-refractivity contribution < 1.29 is 38.7 Å². The zero-order chi connectivity index (χ0) is 53.4. The highest BCUT2D eigenvalue weighted by atomic mass is 16.5. The first-order valence-corrected chi connectivity index (χ1v) is 24.7. The summed E-state index contributed by atoms with van der Waals surface area (Å²) in [5.74, 6) is 1.91. The van der Waals surface area contributed by atoms with Gasteiger partial charge >= 0.3 is 11.9 Å². The van der Waals surface area contributed by atoms with Gasteiger partial charge in [-0.25, -0.2) is 9.59 Å². The van der Waals surface area contributed by atoms with Gasteiger partial charge in [-0.3, -0.25) is 0 Å². The first-order chi connectivity index (χ1) is 35.3. The number of carbonyl (C=O) groups excluding carboxylic acids is 2. The molecular formula is C66H64O8. The Hall–Kier alpha value is -8.62. The van der Waals surface area contributed by atoms with Crippen LogP contribution in [0, 0.1) is 41.5 Å². The predicted molar refractivity (Wildman–Crippen MR) is 300 cm³/mol. The molecule has 0 aliphatic carbocycles. The first kappa shape index (κ1) is 53.2. The molecule has 8 aromatic carbocycles. The van der Waals surface area contributed by atoms with Crippen LogP contribution in [0.2, 0.25) is 0 Å². The Bertz CT molecular complexity index is 3170. The molecule has 0 saturated carbocycles. The molecule has 8 rings (SSSR count). The van der Waals surface area contributed by atoms with E-state index in [0.717, 1.165) is 72.7 Å². The molecule has 0 atom stereocenters. The van der Waals surface area contributed by atoms with Crippen molar-refractivity contribution in [3.05, 3.63) is 203 Å². The van der Waals surface area contributed by atoms with Crippen molar-refractivity contribution in [1.82, 2.24) is 0 Å². The second kappa shape index (κ2) is 23.3. The Morgan fingerprint density at radius 3 is 0.905 bits per heavy atom. The van der Waals surface area contributed by atoms with E-state index in [-0.39, 0.29) is 11.5 Å². The van der Waals surface area contributed by atoms with E-state index in [1.54, 1.807) is 62.4 Å². The Kier molecular flexibility index (Phi) is 16.7. The lowest BCUT2D eigenvalue weighted by atomic mass is 9.88. The third-order valence-electron chi connectivity index (χ3n) is 12.5. The van der Waals surface area contributed by atoms with E-state index in [1.807, 2.05) is 62.4 Å². The van der Waals surface area contributed by atoms with E-state index in [4.69, 9.17) is 18.9 Å². The van der Waals surface area contributed by atoms with Crippen LogP contribution in [0.1, 0.15) is 61.1 Å². The largest absolute Gasteiger partial charge is 0.508 e. The summed E-state index contributed by atoms with van der Waals surface area (Å²) >= 11 is 0. The lowest BCUT2D eigenvalue weighted by molar-refractivity contribution is -0.130. The molecule has 0 amide bonds. The van der Waals surface area contributed by atoms with Crippen LogP contribution in [-0.4, -0.2) is 35.4 Å². The SMILES string of the molecule is C=C(C)C(=O)Oc1ccc(-c2cc(-c3c(C)cc(C)cc3C)cc(-c3ccc(OC(=O)C(=C)C)cc3)c2OCC)cc1.CCOc1c(-c2ccc(O)cc2)cc(-c2c(C)cc(C)cc2C)cc1-c1ccc(O)cc1. The summed E-state index contributed by atoms with van der Waals surface area (Å²) in [6.45, 7) is 28.2. The molecule has 0 aromatic heterocycles. The lowest BCUT2D eigenvalue weighted by Crippen LogP contribution is -2.08. The molecule has 0 unspecified atom stereocenters. The van der Waals surface area contributed by atoms with Gasteiger partial charge in [0, 0.05) is 33.4 Å². The van der Waals surface area contributed by atoms with E-state index in [9.17, 15) is 19.8 Å². The number of hydrogen-bond donors (Lipinski definition) is 2. The van der Waals surface area contributed by atoms with Crippen LogP contribution >= 0.6 is 0 Å². The van der Waals surface area contributed by atoms with Crippen LogP contribution in [0.25, 0.3) is 66.8 Å². The molecular weight excluding hydrogens is 921 g/mol. The molecule has 376 valence electrons. The van der Waals surface area contributed by atoms with Crippen molar-refractivity contribution >= 4 is 11.9 Å². The summed E-state index contributed by atoms with van der Waals surface area (Å²) < 4.78 is 23.3. The van der Waals surface area contributed by atoms with Gasteiger partial charge in [-0.15, -0.1) is 0 Å². The third-order valence-corrected chi connectivity index (χ3v) is 12.5. The van der Waals surface area contributed by atoms with Crippen molar-refractivity contribution in [2.45, 2.75) is 69.2 Å². The molecule has 0 aliphatic rings. The van der Waals surface area contributed by atoms with Gasteiger partial charge in [0.25, 0.3) is 0 Å². The number of phenols is 2. The average molecular weight is 985 g/mol. The van der Waals surface area contributed by atoms with Crippen molar-refractivity contribution in [2.24, 2.45) is 0 Å². The summed E-state index contributed by atoms with van der Waals surface area (Å²) in [6.07, 6.45) is 0. The summed E-state index contributed by atoms with van der Waals surface area (Å²) in [6, 6.07) is 46.6. The fourth-order valence-corrected chi connectivity index (χ4v) is 9.35. The second-order valence-corrected chi connectivity index (χ2v) is 18.7. The van der Waals surface area contributed by atoms with Gasteiger partial charge in [-0.05, 0) is 209 Å². The van der Waals surface area contributed by atoms with Crippen LogP contribution in [0.3, 0.4) is 0 Å². The van der Waals surface area contributed by atoms with Crippen LogP contribution in [0.15, 0.2) is 170 Å². The smallest absolute Gasteiger partial charge is 0.338 e. The molecule has 8 nitrogen and oxygen atoms in total. The first-order valence-electron chi connectivity index (χ1n) is 24.7.